The molecule has 0 radical (unpaired) electrons. The number of carbonyl (C=O) groups excluding carboxylic acids is 1. The van der Waals surface area contributed by atoms with Gasteiger partial charge >= 0.3 is 5.97 Å². The molecule has 0 aliphatic heterocycles. The summed E-state index contributed by atoms with van der Waals surface area (Å²) in [5, 5.41) is 0. The Morgan fingerprint density at radius 2 is 1.87 bits per heavy atom. The van der Waals surface area contributed by atoms with Crippen LogP contribution in [-0.2, 0) is 21.8 Å². The Balaban J connectivity index is 2.32. The third kappa shape index (κ3) is 3.65. The van der Waals surface area contributed by atoms with Gasteiger partial charge in [-0.15, -0.1) is 0 Å². The molecule has 7 nitrogen and oxygen atoms in total. The van der Waals surface area contributed by atoms with Gasteiger partial charge in [0, 0.05) is 13.2 Å². The van der Waals surface area contributed by atoms with E-state index >= 15 is 0 Å². The molecule has 0 atom stereocenters. The second kappa shape index (κ2) is 6.74. The number of rotatable bonds is 6. The van der Waals surface area contributed by atoms with Gasteiger partial charge in [0.2, 0.25) is 0 Å². The normalized spacial score (nSPS) is 11.1. The number of nitrogens with zero attached hydrogens (tertiary/aromatic N) is 1. The van der Waals surface area contributed by atoms with Gasteiger partial charge in [-0.2, -0.15) is 0 Å². The van der Waals surface area contributed by atoms with E-state index in [2.05, 4.69) is 4.72 Å². The lowest BCUT2D eigenvalue weighted by molar-refractivity contribution is 0.0516. The number of carbonyl (C=O) groups is 1. The Morgan fingerprint density at radius 1 is 1.22 bits per heavy atom. The van der Waals surface area contributed by atoms with Crippen molar-refractivity contribution in [2.45, 2.75) is 11.8 Å². The van der Waals surface area contributed by atoms with Crippen LogP contribution >= 0.6 is 0 Å². The smallest absolute Gasteiger partial charge is 0.357 e. The highest BCUT2D eigenvalue weighted by Gasteiger charge is 2.22. The largest absolute Gasteiger partial charge is 0.497 e. The van der Waals surface area contributed by atoms with E-state index in [4.69, 9.17) is 9.47 Å². The molecule has 0 bridgehead atoms. The van der Waals surface area contributed by atoms with E-state index in [0.29, 0.717) is 5.75 Å². The number of aryl methyl sites for hydroxylation is 1. The molecule has 0 unspecified atom stereocenters. The van der Waals surface area contributed by atoms with E-state index < -0.39 is 16.0 Å². The molecule has 0 amide bonds. The molecule has 23 heavy (non-hydrogen) atoms. The van der Waals surface area contributed by atoms with Gasteiger partial charge in [-0.3, -0.25) is 4.72 Å². The summed E-state index contributed by atoms with van der Waals surface area (Å²) >= 11 is 0. The van der Waals surface area contributed by atoms with Crippen LogP contribution in [0.1, 0.15) is 17.4 Å². The number of nitrogens with one attached hydrogen (secondary N) is 1. The molecule has 124 valence electrons. The van der Waals surface area contributed by atoms with Crippen molar-refractivity contribution >= 4 is 21.7 Å². The first-order valence-corrected chi connectivity index (χ1v) is 8.36. The Labute approximate surface area is 134 Å². The van der Waals surface area contributed by atoms with Crippen LogP contribution in [0.3, 0.4) is 0 Å². The van der Waals surface area contributed by atoms with Crippen molar-refractivity contribution in [2.24, 2.45) is 7.05 Å². The van der Waals surface area contributed by atoms with Crippen LogP contribution in [-0.4, -0.2) is 32.7 Å². The highest BCUT2D eigenvalue weighted by Crippen LogP contribution is 2.23. The highest BCUT2D eigenvalue weighted by molar-refractivity contribution is 7.92. The Kier molecular flexibility index (Phi) is 4.95. The van der Waals surface area contributed by atoms with Crippen LogP contribution in [0.5, 0.6) is 5.75 Å². The van der Waals surface area contributed by atoms with Gasteiger partial charge in [-0.25, -0.2) is 13.2 Å². The van der Waals surface area contributed by atoms with E-state index in [1.165, 1.54) is 29.9 Å². The van der Waals surface area contributed by atoms with E-state index in [9.17, 15) is 13.2 Å². The molecule has 1 aromatic carbocycles. The number of ether oxygens (including phenoxy) is 2. The predicted molar refractivity (Wildman–Crippen MR) is 85.2 cm³/mol. The van der Waals surface area contributed by atoms with E-state index in [1.807, 2.05) is 0 Å². The first-order valence-electron chi connectivity index (χ1n) is 6.88. The van der Waals surface area contributed by atoms with Crippen LogP contribution in [0.15, 0.2) is 41.4 Å². The Hall–Kier alpha value is -2.48. The van der Waals surface area contributed by atoms with Gasteiger partial charge in [-0.05, 0) is 37.3 Å². The predicted octanol–water partition coefficient (Wildman–Crippen LogP) is 2.01. The summed E-state index contributed by atoms with van der Waals surface area (Å²) in [6.07, 6.45) is 1.58. The van der Waals surface area contributed by atoms with Crippen molar-refractivity contribution in [3.05, 3.63) is 42.2 Å². The first kappa shape index (κ1) is 16.9. The minimum Gasteiger partial charge on any atom is -0.497 e. The first-order chi connectivity index (χ1) is 10.9. The number of benzene rings is 1. The van der Waals surface area contributed by atoms with Crippen molar-refractivity contribution in [3.63, 3.8) is 0 Å². The Morgan fingerprint density at radius 3 is 2.43 bits per heavy atom. The molecule has 0 saturated heterocycles. The minimum absolute atomic E-state index is 0.0666. The second-order valence-electron chi connectivity index (χ2n) is 4.69. The summed E-state index contributed by atoms with van der Waals surface area (Å²) in [7, 11) is -0.689. The summed E-state index contributed by atoms with van der Waals surface area (Å²) in [4.78, 5) is 12.0. The SMILES string of the molecule is CCOC(=O)c1c(NS(=O)(=O)c2ccc(OC)cc2)ccn1C. The molecular weight excluding hydrogens is 320 g/mol. The lowest BCUT2D eigenvalue weighted by Gasteiger charge is -2.10. The molecule has 0 fully saturated rings. The molecule has 1 aromatic heterocycles. The number of hydrogen-bond acceptors (Lipinski definition) is 5. The van der Waals surface area contributed by atoms with Crippen LogP contribution in [0, 0.1) is 0 Å². The van der Waals surface area contributed by atoms with Gasteiger partial charge < -0.3 is 14.0 Å². The number of methoxy groups -OCH3 is 1. The van der Waals surface area contributed by atoms with Gasteiger partial charge in [0.05, 0.1) is 24.3 Å². The zero-order valence-corrected chi connectivity index (χ0v) is 13.9. The standard InChI is InChI=1S/C15H18N2O5S/c1-4-22-15(18)14-13(9-10-17(14)2)16-23(19,20)12-7-5-11(21-3)6-8-12/h5-10,16H,4H2,1-3H3. The third-order valence-electron chi connectivity index (χ3n) is 3.16. The lowest BCUT2D eigenvalue weighted by Crippen LogP contribution is -2.17. The third-order valence-corrected chi connectivity index (χ3v) is 4.54. The number of anilines is 1. The fourth-order valence-electron chi connectivity index (χ4n) is 2.02. The molecule has 8 heteroatoms. The van der Waals surface area contributed by atoms with Crippen molar-refractivity contribution in [3.8, 4) is 5.75 Å². The van der Waals surface area contributed by atoms with Crippen LogP contribution in [0.4, 0.5) is 5.69 Å². The summed E-state index contributed by atoms with van der Waals surface area (Å²) in [6.45, 7) is 1.89. The summed E-state index contributed by atoms with van der Waals surface area (Å²) in [6, 6.07) is 7.45. The second-order valence-corrected chi connectivity index (χ2v) is 6.37. The molecule has 2 aromatic rings. The maximum atomic E-state index is 12.4. The van der Waals surface area contributed by atoms with E-state index in [1.54, 1.807) is 32.3 Å². The average Bonchev–Trinajstić information content (AvgIpc) is 2.87. The number of sulfonamides is 1. The molecule has 2 rings (SSSR count). The summed E-state index contributed by atoms with van der Waals surface area (Å²) in [5.74, 6) is -0.0386. The van der Waals surface area contributed by atoms with Crippen LogP contribution in [0.25, 0.3) is 0 Å². The fraction of sp³-hybridized carbons (Fsp3) is 0.267. The number of esters is 1. The molecule has 1 N–H and O–H groups in total. The highest BCUT2D eigenvalue weighted by atomic mass is 32.2. The van der Waals surface area contributed by atoms with Gasteiger partial charge in [0.1, 0.15) is 5.75 Å². The zero-order chi connectivity index (χ0) is 17.0. The molecule has 0 aliphatic rings. The molecule has 1 heterocycles. The number of hydrogen-bond donors (Lipinski definition) is 1. The molecule has 0 aliphatic carbocycles. The van der Waals surface area contributed by atoms with Crippen molar-refractivity contribution < 1.29 is 22.7 Å². The van der Waals surface area contributed by atoms with Gasteiger partial charge in [-0.1, -0.05) is 0 Å². The molecular formula is C15H18N2O5S. The molecule has 0 spiro atoms. The lowest BCUT2D eigenvalue weighted by atomic mass is 10.3. The van der Waals surface area contributed by atoms with Crippen molar-refractivity contribution in [1.29, 1.82) is 0 Å². The quantitative estimate of drug-likeness (QED) is 0.814. The molecule has 0 saturated carbocycles. The maximum absolute atomic E-state index is 12.4. The van der Waals surface area contributed by atoms with E-state index in [-0.39, 0.29) is 22.9 Å². The average molecular weight is 338 g/mol. The number of aromatic nitrogens is 1. The van der Waals surface area contributed by atoms with Crippen molar-refractivity contribution in [1.82, 2.24) is 4.57 Å². The minimum atomic E-state index is -3.82. The maximum Gasteiger partial charge on any atom is 0.357 e. The monoisotopic (exact) mass is 338 g/mol. The van der Waals surface area contributed by atoms with E-state index in [0.717, 1.165) is 0 Å². The van der Waals surface area contributed by atoms with Crippen LogP contribution in [0.2, 0.25) is 0 Å². The van der Waals surface area contributed by atoms with Gasteiger partial charge in [0.15, 0.2) is 5.69 Å². The fourth-order valence-corrected chi connectivity index (χ4v) is 3.09. The summed E-state index contributed by atoms with van der Waals surface area (Å²) in [5.41, 5.74) is 0.311. The van der Waals surface area contributed by atoms with Crippen molar-refractivity contribution in [2.75, 3.05) is 18.4 Å². The van der Waals surface area contributed by atoms with Crippen LogP contribution < -0.4 is 9.46 Å². The summed E-state index contributed by atoms with van der Waals surface area (Å²) < 4.78 is 38.7. The Bertz CT molecular complexity index is 794. The topological polar surface area (TPSA) is 86.6 Å². The zero-order valence-electron chi connectivity index (χ0n) is 13.1. The van der Waals surface area contributed by atoms with Gasteiger partial charge in [0.25, 0.3) is 10.0 Å².